The van der Waals surface area contributed by atoms with Crippen molar-refractivity contribution < 1.29 is 14.4 Å². The molecule has 0 unspecified atom stereocenters. The van der Waals surface area contributed by atoms with Gasteiger partial charge >= 0.3 is 0 Å². The van der Waals surface area contributed by atoms with Crippen molar-refractivity contribution in [1.29, 1.82) is 0 Å². The third-order valence-corrected chi connectivity index (χ3v) is 5.12. The van der Waals surface area contributed by atoms with E-state index >= 15 is 0 Å². The fourth-order valence-electron chi connectivity index (χ4n) is 3.33. The molecule has 0 heterocycles. The minimum absolute atomic E-state index is 0.0440. The van der Waals surface area contributed by atoms with E-state index in [2.05, 4.69) is 27.7 Å². The van der Waals surface area contributed by atoms with Crippen LogP contribution >= 0.6 is 0 Å². The zero-order chi connectivity index (χ0) is 20.5. The second-order valence-corrected chi connectivity index (χ2v) is 7.52. The molecule has 0 aliphatic rings. The summed E-state index contributed by atoms with van der Waals surface area (Å²) in [5.74, 6) is -1.24. The van der Waals surface area contributed by atoms with Gasteiger partial charge in [0.05, 0.1) is 32.1 Å². The molecule has 0 aliphatic carbocycles. The molecule has 0 amide bonds. The lowest BCUT2D eigenvalue weighted by Gasteiger charge is -2.39. The molecule has 0 radical (unpaired) electrons. The number of nitrogens with zero attached hydrogens (tertiary/aromatic N) is 1. The smallest absolute Gasteiger partial charge is 0.0786 e. The average molecular weight is 379 g/mol. The number of para-hydroxylation sites is 1. The number of hydrogen-bond donors (Lipinski definition) is 1. The second kappa shape index (κ2) is 15.5. The lowest BCUT2D eigenvalue weighted by atomic mass is 10.1. The number of carboxylic acid groups (broad SMARTS) is 1. The maximum atomic E-state index is 10.2. The Morgan fingerprint density at radius 3 is 1.44 bits per heavy atom. The number of unbranched alkanes of at least 4 members (excludes halogenated alkanes) is 4. The van der Waals surface area contributed by atoms with Crippen molar-refractivity contribution in [3.63, 3.8) is 0 Å². The summed E-state index contributed by atoms with van der Waals surface area (Å²) in [4.78, 5) is 10.2. The molecule has 0 saturated carbocycles. The summed E-state index contributed by atoms with van der Waals surface area (Å²) >= 11 is 0. The molecule has 0 atom stereocenters. The van der Waals surface area contributed by atoms with Gasteiger partial charge in [-0.1, -0.05) is 71.6 Å². The highest BCUT2D eigenvalue weighted by atomic mass is 16.4. The molecule has 0 aliphatic heterocycles. The Labute approximate surface area is 167 Å². The monoisotopic (exact) mass is 378 g/mol. The molecule has 0 aromatic heterocycles. The van der Waals surface area contributed by atoms with Crippen LogP contribution in [0, 0.1) is 0 Å². The van der Waals surface area contributed by atoms with Gasteiger partial charge in [-0.3, -0.25) is 0 Å². The average Bonchev–Trinajstić information content (AvgIpc) is 2.67. The van der Waals surface area contributed by atoms with Crippen LogP contribution in [0.3, 0.4) is 0 Å². The molecule has 27 heavy (non-hydrogen) atoms. The molecule has 1 aromatic carbocycles. The van der Waals surface area contributed by atoms with E-state index in [0.29, 0.717) is 0 Å². The van der Waals surface area contributed by atoms with Crippen LogP contribution in [0.2, 0.25) is 0 Å². The molecule has 0 fully saturated rings. The number of carboxylic acids is 1. The summed E-state index contributed by atoms with van der Waals surface area (Å²) in [5.41, 5.74) is 5.58. The van der Waals surface area contributed by atoms with Gasteiger partial charge in [0.25, 0.3) is 0 Å². The first-order valence-corrected chi connectivity index (χ1v) is 10.9. The molecular weight excluding hydrogens is 336 g/mol. The fourth-order valence-corrected chi connectivity index (χ4v) is 3.33. The number of anilines is 1. The number of quaternary nitrogens is 1. The molecule has 1 rings (SSSR count). The summed E-state index contributed by atoms with van der Waals surface area (Å²) in [7, 11) is 0. The molecule has 156 valence electrons. The molecule has 0 bridgehead atoms. The number of aromatic carboxylic acids is 1. The van der Waals surface area contributed by atoms with Crippen LogP contribution in [0.15, 0.2) is 24.3 Å². The fraction of sp³-hybridized carbons (Fsp3) is 0.696. The van der Waals surface area contributed by atoms with Gasteiger partial charge in [-0.05, 0) is 31.7 Å². The first-order valence-electron chi connectivity index (χ1n) is 10.9. The lowest BCUT2D eigenvalue weighted by Crippen LogP contribution is -2.50. The minimum Gasteiger partial charge on any atom is -0.545 e. The van der Waals surface area contributed by atoms with Gasteiger partial charge < -0.3 is 20.1 Å². The highest BCUT2D eigenvalue weighted by molar-refractivity contribution is 5.91. The molecule has 4 nitrogen and oxygen atoms in total. The summed E-state index contributed by atoms with van der Waals surface area (Å²) in [6.45, 7) is 15.0. The number of rotatable bonds is 13. The van der Waals surface area contributed by atoms with E-state index in [4.69, 9.17) is 5.73 Å². The Morgan fingerprint density at radius 1 is 0.815 bits per heavy atom. The molecular formula is C23H42N2O2. The van der Waals surface area contributed by atoms with E-state index in [9.17, 15) is 9.90 Å². The van der Waals surface area contributed by atoms with Crippen molar-refractivity contribution in [2.24, 2.45) is 0 Å². The summed E-state index contributed by atoms with van der Waals surface area (Å²) in [5, 5.41) is 10.2. The van der Waals surface area contributed by atoms with Gasteiger partial charge in [0.15, 0.2) is 0 Å². The van der Waals surface area contributed by atoms with E-state index in [1.165, 1.54) is 94.2 Å². The van der Waals surface area contributed by atoms with Gasteiger partial charge in [0.2, 0.25) is 0 Å². The van der Waals surface area contributed by atoms with Crippen LogP contribution in [-0.4, -0.2) is 36.6 Å². The molecule has 0 spiro atoms. The second-order valence-electron chi connectivity index (χ2n) is 7.52. The van der Waals surface area contributed by atoms with Crippen molar-refractivity contribution in [3.05, 3.63) is 29.8 Å². The predicted molar refractivity (Wildman–Crippen MR) is 115 cm³/mol. The van der Waals surface area contributed by atoms with Gasteiger partial charge in [-0.25, -0.2) is 0 Å². The first kappa shape index (κ1) is 25.4. The predicted octanol–water partition coefficient (Wildman–Crippen LogP) is 4.64. The number of nitrogens with two attached hydrogens (primary N) is 1. The van der Waals surface area contributed by atoms with E-state index in [-0.39, 0.29) is 11.3 Å². The van der Waals surface area contributed by atoms with Crippen molar-refractivity contribution >= 4 is 11.7 Å². The number of hydrogen-bond acceptors (Lipinski definition) is 3. The summed E-state index contributed by atoms with van der Waals surface area (Å²) in [6.07, 6.45) is 11.1. The van der Waals surface area contributed by atoms with Gasteiger partial charge in [-0.15, -0.1) is 0 Å². The Kier molecular flexibility index (Phi) is 14.6. The van der Waals surface area contributed by atoms with Crippen molar-refractivity contribution in [3.8, 4) is 0 Å². The SMILES string of the molecule is CCCC[N+](CCCC)(CCCC)CCCC.Nc1ccccc1C(=O)[O-]. The molecule has 2 N–H and O–H groups in total. The molecule has 4 heteroatoms. The minimum atomic E-state index is -1.24. The quantitative estimate of drug-likeness (QED) is 0.402. The van der Waals surface area contributed by atoms with Crippen LogP contribution in [-0.2, 0) is 0 Å². The maximum Gasteiger partial charge on any atom is 0.0786 e. The molecule has 1 aromatic rings. The topological polar surface area (TPSA) is 66.2 Å². The van der Waals surface area contributed by atoms with E-state index in [0.717, 1.165) is 0 Å². The van der Waals surface area contributed by atoms with E-state index in [1.54, 1.807) is 12.1 Å². The Hall–Kier alpha value is -1.55. The largest absolute Gasteiger partial charge is 0.545 e. The maximum absolute atomic E-state index is 10.2. The van der Waals surface area contributed by atoms with Crippen LogP contribution in [0.1, 0.15) is 89.4 Å². The van der Waals surface area contributed by atoms with Crippen LogP contribution in [0.25, 0.3) is 0 Å². The van der Waals surface area contributed by atoms with Crippen LogP contribution in [0.4, 0.5) is 5.69 Å². The first-order chi connectivity index (χ1) is 13.0. The van der Waals surface area contributed by atoms with E-state index in [1.807, 2.05) is 0 Å². The van der Waals surface area contributed by atoms with Gasteiger partial charge in [-0.2, -0.15) is 0 Å². The molecule has 0 saturated heterocycles. The van der Waals surface area contributed by atoms with Crippen molar-refractivity contribution in [2.45, 2.75) is 79.1 Å². The number of nitrogen functional groups attached to an aromatic ring is 1. The number of carbonyl (C=O) groups is 1. The van der Waals surface area contributed by atoms with Crippen LogP contribution < -0.4 is 10.8 Å². The van der Waals surface area contributed by atoms with Crippen LogP contribution in [0.5, 0.6) is 0 Å². The van der Waals surface area contributed by atoms with Gasteiger partial charge in [0.1, 0.15) is 0 Å². The van der Waals surface area contributed by atoms with E-state index < -0.39 is 5.97 Å². The highest BCUT2D eigenvalue weighted by Gasteiger charge is 2.24. The lowest BCUT2D eigenvalue weighted by molar-refractivity contribution is -0.929. The zero-order valence-electron chi connectivity index (χ0n) is 18.1. The van der Waals surface area contributed by atoms with Gasteiger partial charge in [0, 0.05) is 11.3 Å². The Balaban J connectivity index is 0.000000569. The normalized spacial score (nSPS) is 11.0. The zero-order valence-corrected chi connectivity index (χ0v) is 18.1. The standard InChI is InChI=1S/C16H36N.C7H7NO2/c1-5-9-13-17(14-10-6-2,15-11-7-3)16-12-8-4;8-6-4-2-1-3-5(6)7(9)10/h5-16H2,1-4H3;1-4H,8H2,(H,9,10)/q+1;/p-1. The highest BCUT2D eigenvalue weighted by Crippen LogP contribution is 2.16. The Bertz CT molecular complexity index is 465. The third kappa shape index (κ3) is 11.0. The Morgan fingerprint density at radius 2 is 1.19 bits per heavy atom. The van der Waals surface area contributed by atoms with Crippen molar-refractivity contribution in [1.82, 2.24) is 0 Å². The number of carbonyl (C=O) groups excluding carboxylic acids is 1. The number of benzene rings is 1. The summed E-state index contributed by atoms with van der Waals surface area (Å²) < 4.78 is 1.42. The third-order valence-electron chi connectivity index (χ3n) is 5.12. The van der Waals surface area contributed by atoms with Crippen molar-refractivity contribution in [2.75, 3.05) is 31.9 Å². The summed E-state index contributed by atoms with van der Waals surface area (Å²) in [6, 6.07) is 6.19.